The van der Waals surface area contributed by atoms with Gasteiger partial charge in [0.1, 0.15) is 6.26 Å². The number of hydrogen-bond donors (Lipinski definition) is 1. The van der Waals surface area contributed by atoms with Gasteiger partial charge in [-0.15, -0.1) is 9.85 Å². The molecule has 1 aromatic heterocycles. The highest BCUT2D eigenvalue weighted by atomic mass is 16.7. The minimum atomic E-state index is -0.536. The van der Waals surface area contributed by atoms with E-state index >= 15 is 0 Å². The molecule has 0 atom stereocenters. The van der Waals surface area contributed by atoms with Gasteiger partial charge >= 0.3 is 5.69 Å². The van der Waals surface area contributed by atoms with Crippen LogP contribution in [-0.4, -0.2) is 16.2 Å². The fraction of sp³-hybridized carbons (Fsp3) is 0.111. The Balaban J connectivity index is 2.45. The highest BCUT2D eigenvalue weighted by Gasteiger charge is 2.09. The smallest absolute Gasteiger partial charge is 0.350 e. The van der Waals surface area contributed by atoms with Crippen molar-refractivity contribution < 1.29 is 4.84 Å². The lowest BCUT2D eigenvalue weighted by molar-refractivity contribution is 0.145. The van der Waals surface area contributed by atoms with Crippen LogP contribution in [-0.2, 0) is 4.84 Å². The Morgan fingerprint density at radius 3 is 3.00 bits per heavy atom. The molecule has 1 aliphatic heterocycles. The lowest BCUT2D eigenvalue weighted by Gasteiger charge is -2.19. The Hall–Kier alpha value is -2.24. The molecule has 1 aliphatic rings. The molecule has 0 aromatic carbocycles. The largest absolute Gasteiger partial charge is 0.371 e. The zero-order chi connectivity index (χ0) is 10.7. The molecule has 0 unspecified atom stereocenters. The lowest BCUT2D eigenvalue weighted by atomic mass is 10.5. The summed E-state index contributed by atoms with van der Waals surface area (Å²) in [6, 6.07) is 1.25. The molecular weight excluding hydrogens is 198 g/mol. The monoisotopic (exact) mass is 207 g/mol. The van der Waals surface area contributed by atoms with E-state index in [0.29, 0.717) is 6.54 Å². The van der Waals surface area contributed by atoms with Crippen LogP contribution in [0.1, 0.15) is 0 Å². The van der Waals surface area contributed by atoms with Gasteiger partial charge < -0.3 is 9.82 Å². The first-order chi connectivity index (χ1) is 7.29. The third-order valence-corrected chi connectivity index (χ3v) is 1.83. The normalized spacial score (nSPS) is 14.8. The van der Waals surface area contributed by atoms with Crippen LogP contribution in [0.5, 0.6) is 0 Å². The van der Waals surface area contributed by atoms with Crippen LogP contribution in [0, 0.1) is 0 Å². The van der Waals surface area contributed by atoms with Crippen molar-refractivity contribution in [3.8, 4) is 0 Å². The molecule has 0 amide bonds. The molecule has 78 valence electrons. The Labute approximate surface area is 84.6 Å². The highest BCUT2D eigenvalue weighted by Crippen LogP contribution is 1.93. The molecule has 0 spiro atoms. The number of nitrogens with zero attached hydrogens (tertiary/aromatic N) is 2. The van der Waals surface area contributed by atoms with Gasteiger partial charge in [0.05, 0.1) is 6.54 Å². The van der Waals surface area contributed by atoms with Gasteiger partial charge in [-0.3, -0.25) is 4.79 Å². The maximum atomic E-state index is 11.4. The van der Waals surface area contributed by atoms with Crippen LogP contribution < -0.4 is 16.4 Å². The average molecular weight is 207 g/mol. The van der Waals surface area contributed by atoms with Gasteiger partial charge in [0.15, 0.2) is 0 Å². The minimum Gasteiger partial charge on any atom is -0.371 e. The zero-order valence-corrected chi connectivity index (χ0v) is 7.79. The minimum absolute atomic E-state index is 0.319. The second-order valence-corrected chi connectivity index (χ2v) is 2.83. The molecule has 1 N–H and O–H groups in total. The van der Waals surface area contributed by atoms with Gasteiger partial charge in [-0.2, -0.15) is 0 Å². The van der Waals surface area contributed by atoms with Crippen molar-refractivity contribution in [2.45, 2.75) is 0 Å². The molecule has 6 nitrogen and oxygen atoms in total. The summed E-state index contributed by atoms with van der Waals surface area (Å²) in [6.45, 7) is 0.319. The van der Waals surface area contributed by atoms with Gasteiger partial charge in [-0.25, -0.2) is 4.79 Å². The van der Waals surface area contributed by atoms with Crippen LogP contribution in [0.25, 0.3) is 0 Å². The van der Waals surface area contributed by atoms with Crippen molar-refractivity contribution in [3.63, 3.8) is 0 Å². The van der Waals surface area contributed by atoms with E-state index in [1.807, 2.05) is 0 Å². The fourth-order valence-corrected chi connectivity index (χ4v) is 1.18. The van der Waals surface area contributed by atoms with E-state index in [2.05, 4.69) is 4.98 Å². The van der Waals surface area contributed by atoms with Crippen molar-refractivity contribution >= 4 is 0 Å². The van der Waals surface area contributed by atoms with Crippen molar-refractivity contribution in [1.29, 1.82) is 0 Å². The number of hydrogen-bond acceptors (Lipinski definition) is 4. The van der Waals surface area contributed by atoms with E-state index in [0.717, 1.165) is 4.68 Å². The summed E-state index contributed by atoms with van der Waals surface area (Å²) in [5.74, 6) is 0. The molecule has 1 aromatic rings. The molecule has 0 fully saturated rings. The van der Waals surface area contributed by atoms with E-state index in [-0.39, 0.29) is 0 Å². The maximum absolute atomic E-state index is 11.4. The third-order valence-electron chi connectivity index (χ3n) is 1.83. The Bertz CT molecular complexity index is 470. The summed E-state index contributed by atoms with van der Waals surface area (Å²) in [4.78, 5) is 30.3. The van der Waals surface area contributed by atoms with Gasteiger partial charge in [-0.1, -0.05) is 12.2 Å². The molecule has 2 rings (SSSR count). The zero-order valence-electron chi connectivity index (χ0n) is 7.79. The second-order valence-electron chi connectivity index (χ2n) is 2.83. The molecule has 6 heteroatoms. The predicted octanol–water partition coefficient (Wildman–Crippen LogP) is -0.510. The van der Waals surface area contributed by atoms with Crippen molar-refractivity contribution in [2.75, 3.05) is 11.7 Å². The van der Waals surface area contributed by atoms with Crippen molar-refractivity contribution in [2.24, 2.45) is 0 Å². The highest BCUT2D eigenvalue weighted by molar-refractivity contribution is 5.06. The maximum Gasteiger partial charge on any atom is 0.350 e. The predicted molar refractivity (Wildman–Crippen MR) is 53.8 cm³/mol. The second kappa shape index (κ2) is 3.87. The molecule has 2 heterocycles. The number of nitrogens with one attached hydrogen (secondary N) is 1. The molecule has 0 radical (unpaired) electrons. The SMILES string of the molecule is O=c1cc[nH]c(=O)n1N1CC=CC=CO1. The van der Waals surface area contributed by atoms with Crippen LogP contribution >= 0.6 is 0 Å². The Kier molecular flexibility index (Phi) is 2.40. The summed E-state index contributed by atoms with van der Waals surface area (Å²) in [6.07, 6.45) is 7.89. The summed E-state index contributed by atoms with van der Waals surface area (Å²) >= 11 is 0. The number of aromatic amines is 1. The van der Waals surface area contributed by atoms with Crippen LogP contribution in [0.4, 0.5) is 0 Å². The lowest BCUT2D eigenvalue weighted by Crippen LogP contribution is -2.49. The number of H-pyrrole nitrogens is 1. The van der Waals surface area contributed by atoms with Gasteiger partial charge in [0, 0.05) is 12.3 Å². The van der Waals surface area contributed by atoms with E-state index in [4.69, 9.17) is 4.84 Å². The quantitative estimate of drug-likeness (QED) is 0.673. The van der Waals surface area contributed by atoms with E-state index in [9.17, 15) is 9.59 Å². The summed E-state index contributed by atoms with van der Waals surface area (Å²) in [7, 11) is 0. The molecule has 0 saturated heterocycles. The first kappa shape index (κ1) is 9.32. The van der Waals surface area contributed by atoms with Crippen LogP contribution in [0.2, 0.25) is 0 Å². The van der Waals surface area contributed by atoms with Crippen LogP contribution in [0.15, 0.2) is 46.3 Å². The first-order valence-electron chi connectivity index (χ1n) is 4.36. The molecule has 15 heavy (non-hydrogen) atoms. The first-order valence-corrected chi connectivity index (χ1v) is 4.36. The average Bonchev–Trinajstić information content (AvgIpc) is 2.46. The molecule has 0 bridgehead atoms. The number of rotatable bonds is 1. The Morgan fingerprint density at radius 2 is 2.20 bits per heavy atom. The van der Waals surface area contributed by atoms with Crippen molar-refractivity contribution in [1.82, 2.24) is 9.66 Å². The van der Waals surface area contributed by atoms with Gasteiger partial charge in [0.2, 0.25) is 0 Å². The fourth-order valence-electron chi connectivity index (χ4n) is 1.18. The van der Waals surface area contributed by atoms with E-state index in [1.54, 1.807) is 18.2 Å². The standard InChI is InChI=1S/C9H9N3O3/c13-8-4-5-10-9(14)12(8)11-6-2-1-3-7-15-11/h1-5,7H,6H2,(H,10,14). The number of aromatic nitrogens is 2. The third kappa shape index (κ3) is 1.83. The van der Waals surface area contributed by atoms with E-state index in [1.165, 1.54) is 23.7 Å². The van der Waals surface area contributed by atoms with Gasteiger partial charge in [0.25, 0.3) is 5.56 Å². The number of allylic oxidation sites excluding steroid dienone is 2. The molecular formula is C9H9N3O3. The number of hydroxylamine groups is 1. The summed E-state index contributed by atoms with van der Waals surface area (Å²) in [5.41, 5.74) is -0.978. The topological polar surface area (TPSA) is 67.3 Å². The van der Waals surface area contributed by atoms with Crippen LogP contribution in [0.3, 0.4) is 0 Å². The van der Waals surface area contributed by atoms with Crippen molar-refractivity contribution in [3.05, 3.63) is 57.6 Å². The van der Waals surface area contributed by atoms with E-state index < -0.39 is 11.2 Å². The van der Waals surface area contributed by atoms with Gasteiger partial charge in [-0.05, 0) is 6.08 Å². The molecule has 0 aliphatic carbocycles. The molecule has 0 saturated carbocycles. The Morgan fingerprint density at radius 1 is 1.33 bits per heavy atom. The summed E-state index contributed by atoms with van der Waals surface area (Å²) in [5, 5.41) is 1.17. The summed E-state index contributed by atoms with van der Waals surface area (Å²) < 4.78 is 0.889.